The second-order valence-electron chi connectivity index (χ2n) is 8.32. The molecule has 3 heterocycles. The van der Waals surface area contributed by atoms with Gasteiger partial charge in [-0.1, -0.05) is 41.9 Å². The van der Waals surface area contributed by atoms with Gasteiger partial charge in [-0.05, 0) is 38.5 Å². The highest BCUT2D eigenvalue weighted by Crippen LogP contribution is 2.26. The number of hydrogen-bond donors (Lipinski definition) is 0. The molecule has 0 aliphatic rings. The van der Waals surface area contributed by atoms with Crippen molar-refractivity contribution in [2.45, 2.75) is 32.9 Å². The summed E-state index contributed by atoms with van der Waals surface area (Å²) in [5.74, 6) is 0.342. The summed E-state index contributed by atoms with van der Waals surface area (Å²) in [5, 5.41) is 13.7. The van der Waals surface area contributed by atoms with Crippen LogP contribution in [-0.4, -0.2) is 31.3 Å². The van der Waals surface area contributed by atoms with Crippen LogP contribution in [0.2, 0.25) is 5.15 Å². The summed E-state index contributed by atoms with van der Waals surface area (Å²) in [4.78, 5) is 23.2. The zero-order chi connectivity index (χ0) is 23.6. The normalized spacial score (nSPS) is 11.2. The Morgan fingerprint density at radius 1 is 1.21 bits per heavy atom. The summed E-state index contributed by atoms with van der Waals surface area (Å²) in [6, 6.07) is 17.0. The van der Waals surface area contributed by atoms with Crippen LogP contribution in [-0.2, 0) is 11.3 Å². The maximum absolute atomic E-state index is 13.2. The molecule has 0 unspecified atom stereocenters. The van der Waals surface area contributed by atoms with Crippen molar-refractivity contribution in [1.82, 2.24) is 19.6 Å². The number of aromatic nitrogens is 4. The molecule has 4 aromatic rings. The minimum absolute atomic E-state index is 0.133. The average Bonchev–Trinajstić information content (AvgIpc) is 3.19. The fraction of sp³-hybridized carbons (Fsp3) is 0.208. The van der Waals surface area contributed by atoms with Crippen molar-refractivity contribution >= 4 is 29.2 Å². The Morgan fingerprint density at radius 3 is 2.61 bits per heavy atom. The minimum atomic E-state index is -0.712. The maximum Gasteiger partial charge on any atom is 0.416 e. The van der Waals surface area contributed by atoms with E-state index < -0.39 is 11.7 Å². The number of rotatable bonds is 4. The second kappa shape index (κ2) is 8.88. The number of hydrogen-bond acceptors (Lipinski definition) is 6. The molecule has 1 amide bonds. The highest BCUT2D eigenvalue weighted by atomic mass is 35.5. The Bertz CT molecular complexity index is 1340. The molecule has 0 aliphatic carbocycles. The molecule has 0 fully saturated rings. The number of halogens is 1. The summed E-state index contributed by atoms with van der Waals surface area (Å²) < 4.78 is 7.06. The quantitative estimate of drug-likeness (QED) is 0.385. The molecule has 4 rings (SSSR count). The molecule has 0 saturated carbocycles. The predicted molar refractivity (Wildman–Crippen MR) is 125 cm³/mol. The first-order valence-corrected chi connectivity index (χ1v) is 10.6. The second-order valence-corrected chi connectivity index (χ2v) is 8.71. The lowest BCUT2D eigenvalue weighted by molar-refractivity contribution is 0.0575. The average molecular weight is 461 g/mol. The van der Waals surface area contributed by atoms with Crippen LogP contribution in [0.1, 0.15) is 31.9 Å². The molecule has 33 heavy (non-hydrogen) atoms. The van der Waals surface area contributed by atoms with Crippen LogP contribution in [0.25, 0.3) is 16.9 Å². The standard InChI is InChI=1S/C24H21ClN6O2/c1-24(2,3)33-23(32)30(21-12-20(25)29-22-18(13-26)14-28-31(21)22)15-16-7-9-17(10-8-16)19-6-4-5-11-27-19/h4-12,14H,15H2,1-3H3. The number of pyridine rings is 1. The van der Waals surface area contributed by atoms with Crippen molar-refractivity contribution in [3.8, 4) is 17.3 Å². The van der Waals surface area contributed by atoms with Gasteiger partial charge in [0.05, 0.1) is 18.4 Å². The molecule has 1 aromatic carbocycles. The van der Waals surface area contributed by atoms with Crippen LogP contribution in [0, 0.1) is 11.3 Å². The first kappa shape index (κ1) is 22.2. The van der Waals surface area contributed by atoms with Crippen molar-refractivity contribution in [3.63, 3.8) is 0 Å². The van der Waals surface area contributed by atoms with E-state index in [1.807, 2.05) is 48.5 Å². The van der Waals surface area contributed by atoms with Crippen LogP contribution in [0.5, 0.6) is 0 Å². The van der Waals surface area contributed by atoms with Gasteiger partial charge in [-0.3, -0.25) is 9.88 Å². The number of amides is 1. The molecular weight excluding hydrogens is 440 g/mol. The molecule has 0 bridgehead atoms. The van der Waals surface area contributed by atoms with Gasteiger partial charge in [0, 0.05) is 17.8 Å². The third kappa shape index (κ3) is 4.94. The molecule has 0 aliphatic heterocycles. The number of nitrogens with zero attached hydrogens (tertiary/aromatic N) is 6. The topological polar surface area (TPSA) is 96.4 Å². The smallest absolute Gasteiger partial charge is 0.416 e. The zero-order valence-electron chi connectivity index (χ0n) is 18.4. The van der Waals surface area contributed by atoms with Crippen molar-refractivity contribution in [1.29, 1.82) is 5.26 Å². The monoisotopic (exact) mass is 460 g/mol. The highest BCUT2D eigenvalue weighted by molar-refractivity contribution is 6.29. The molecule has 0 spiro atoms. The molecule has 0 N–H and O–H groups in total. The van der Waals surface area contributed by atoms with E-state index in [0.29, 0.717) is 5.82 Å². The van der Waals surface area contributed by atoms with Crippen molar-refractivity contribution in [2.75, 3.05) is 4.90 Å². The van der Waals surface area contributed by atoms with E-state index in [1.54, 1.807) is 27.0 Å². The first-order chi connectivity index (χ1) is 15.7. The molecule has 166 valence electrons. The SMILES string of the molecule is CC(C)(C)OC(=O)N(Cc1ccc(-c2ccccn2)cc1)c1cc(Cl)nc2c(C#N)cnn12. The minimum Gasteiger partial charge on any atom is -0.443 e. The number of carbonyl (C=O) groups excluding carboxylic acids is 1. The van der Waals surface area contributed by atoms with Crippen molar-refractivity contribution < 1.29 is 9.53 Å². The summed E-state index contributed by atoms with van der Waals surface area (Å²) in [7, 11) is 0. The van der Waals surface area contributed by atoms with Crippen LogP contribution in [0.15, 0.2) is 60.9 Å². The van der Waals surface area contributed by atoms with Gasteiger partial charge in [0.25, 0.3) is 0 Å². The van der Waals surface area contributed by atoms with E-state index in [-0.39, 0.29) is 22.9 Å². The van der Waals surface area contributed by atoms with E-state index >= 15 is 0 Å². The number of nitriles is 1. The van der Waals surface area contributed by atoms with Gasteiger partial charge >= 0.3 is 6.09 Å². The largest absolute Gasteiger partial charge is 0.443 e. The summed E-state index contributed by atoms with van der Waals surface area (Å²) in [6.07, 6.45) is 2.55. The van der Waals surface area contributed by atoms with E-state index in [4.69, 9.17) is 16.3 Å². The van der Waals surface area contributed by atoms with Gasteiger partial charge in [-0.2, -0.15) is 14.9 Å². The molecule has 0 saturated heterocycles. The highest BCUT2D eigenvalue weighted by Gasteiger charge is 2.27. The lowest BCUT2D eigenvalue weighted by atomic mass is 10.1. The van der Waals surface area contributed by atoms with Gasteiger partial charge in [0.2, 0.25) is 0 Å². The van der Waals surface area contributed by atoms with E-state index in [2.05, 4.69) is 15.1 Å². The van der Waals surface area contributed by atoms with E-state index in [0.717, 1.165) is 16.8 Å². The Labute approximate surface area is 196 Å². The molecule has 0 radical (unpaired) electrons. The number of ether oxygens (including phenoxy) is 1. The number of carbonyl (C=O) groups is 1. The van der Waals surface area contributed by atoms with Crippen LogP contribution in [0.3, 0.4) is 0 Å². The lowest BCUT2D eigenvalue weighted by Crippen LogP contribution is -2.37. The van der Waals surface area contributed by atoms with Gasteiger partial charge in [-0.15, -0.1) is 0 Å². The van der Waals surface area contributed by atoms with Gasteiger partial charge in [0.15, 0.2) is 5.65 Å². The Hall–Kier alpha value is -3.96. The molecule has 3 aromatic heterocycles. The molecule has 9 heteroatoms. The number of anilines is 1. The fourth-order valence-corrected chi connectivity index (χ4v) is 3.42. The van der Waals surface area contributed by atoms with Gasteiger partial charge < -0.3 is 4.74 Å². The van der Waals surface area contributed by atoms with Crippen molar-refractivity contribution in [3.05, 3.63) is 77.2 Å². The number of fused-ring (bicyclic) bond motifs is 1. The van der Waals surface area contributed by atoms with E-state index in [1.165, 1.54) is 21.7 Å². The summed E-state index contributed by atoms with van der Waals surface area (Å²) in [5.41, 5.74) is 2.48. The van der Waals surface area contributed by atoms with Crippen LogP contribution < -0.4 is 4.90 Å². The summed E-state index contributed by atoms with van der Waals surface area (Å²) in [6.45, 7) is 5.57. The zero-order valence-corrected chi connectivity index (χ0v) is 19.1. The lowest BCUT2D eigenvalue weighted by Gasteiger charge is -2.27. The Morgan fingerprint density at radius 2 is 1.97 bits per heavy atom. The van der Waals surface area contributed by atoms with Crippen LogP contribution in [0.4, 0.5) is 10.6 Å². The van der Waals surface area contributed by atoms with Gasteiger partial charge in [-0.25, -0.2) is 9.78 Å². The van der Waals surface area contributed by atoms with Crippen LogP contribution >= 0.6 is 11.6 Å². The Balaban J connectivity index is 1.74. The van der Waals surface area contributed by atoms with Crippen molar-refractivity contribution in [2.24, 2.45) is 0 Å². The van der Waals surface area contributed by atoms with E-state index in [9.17, 15) is 10.1 Å². The fourth-order valence-electron chi connectivity index (χ4n) is 3.24. The number of benzene rings is 1. The third-order valence-electron chi connectivity index (χ3n) is 4.69. The van der Waals surface area contributed by atoms with Gasteiger partial charge in [0.1, 0.15) is 28.2 Å². The predicted octanol–water partition coefficient (Wildman–Crippen LogP) is 5.26. The molecular formula is C24H21ClN6O2. The molecule has 0 atom stereocenters. The molecule has 8 nitrogen and oxygen atoms in total. The first-order valence-electron chi connectivity index (χ1n) is 10.2. The Kier molecular flexibility index (Phi) is 5.99. The maximum atomic E-state index is 13.2. The third-order valence-corrected chi connectivity index (χ3v) is 4.88. The summed E-state index contributed by atoms with van der Waals surface area (Å²) >= 11 is 6.24.